The van der Waals surface area contributed by atoms with Crippen LogP contribution in [-0.4, -0.2) is 23.1 Å². The normalized spacial score (nSPS) is 15.1. The Hall–Kier alpha value is -1.24. The third-order valence-corrected chi connectivity index (χ3v) is 4.39. The molecule has 0 aliphatic heterocycles. The summed E-state index contributed by atoms with van der Waals surface area (Å²) >= 11 is 3.09. The molecule has 2 aromatic rings. The van der Waals surface area contributed by atoms with Crippen molar-refractivity contribution in [1.82, 2.24) is 0 Å². The van der Waals surface area contributed by atoms with Crippen molar-refractivity contribution >= 4 is 20.5 Å². The van der Waals surface area contributed by atoms with Crippen LogP contribution in [0.2, 0.25) is 0 Å². The Labute approximate surface area is 116 Å². The number of hydrogen-bond acceptors (Lipinski definition) is 1. The van der Waals surface area contributed by atoms with Gasteiger partial charge in [-0.3, -0.25) is 0 Å². The van der Waals surface area contributed by atoms with Crippen LogP contribution in [0, 0.1) is 0 Å². The van der Waals surface area contributed by atoms with E-state index in [9.17, 15) is 0 Å². The van der Waals surface area contributed by atoms with Gasteiger partial charge in [0.05, 0.1) is 0 Å². The van der Waals surface area contributed by atoms with E-state index in [4.69, 9.17) is 4.74 Å². The van der Waals surface area contributed by atoms with Crippen LogP contribution in [0.25, 0.3) is 11.1 Å². The summed E-state index contributed by atoms with van der Waals surface area (Å²) in [6.45, 7) is 4.56. The molecule has 0 heterocycles. The van der Waals surface area contributed by atoms with Crippen LogP contribution in [0.15, 0.2) is 36.4 Å². The van der Waals surface area contributed by atoms with Gasteiger partial charge in [-0.15, -0.1) is 0 Å². The quantitative estimate of drug-likeness (QED) is 0.736. The second-order valence-corrected chi connectivity index (χ2v) is 6.23. The Kier molecular flexibility index (Phi) is 2.55. The summed E-state index contributed by atoms with van der Waals surface area (Å²) in [5, 5.41) is 0. The molecule has 0 aromatic heterocycles. The van der Waals surface area contributed by atoms with E-state index in [0.29, 0.717) is 0 Å². The van der Waals surface area contributed by atoms with E-state index in [1.807, 2.05) is 6.07 Å². The summed E-state index contributed by atoms with van der Waals surface area (Å²) in [5.74, 6) is 0.919. The maximum atomic E-state index is 5.35. The van der Waals surface area contributed by atoms with Gasteiger partial charge in [0, 0.05) is 0 Å². The zero-order valence-electron chi connectivity index (χ0n) is 10.8. The molecule has 1 aliphatic rings. The molecular formula is C16H15OSe. The van der Waals surface area contributed by atoms with Crippen LogP contribution in [0.4, 0.5) is 0 Å². The second-order valence-electron chi connectivity index (χ2n) is 5.24. The Morgan fingerprint density at radius 1 is 0.944 bits per heavy atom. The Bertz CT molecular complexity index is 629. The summed E-state index contributed by atoms with van der Waals surface area (Å²) in [5.41, 5.74) is 5.47. The first-order valence-electron chi connectivity index (χ1n) is 6.04. The fourth-order valence-corrected chi connectivity index (χ4v) is 3.24. The molecule has 0 fully saturated rings. The van der Waals surface area contributed by atoms with Crippen LogP contribution in [0.3, 0.4) is 0 Å². The maximum absolute atomic E-state index is 5.35. The van der Waals surface area contributed by atoms with Gasteiger partial charge in [-0.1, -0.05) is 0 Å². The number of rotatable bonds is 1. The first kappa shape index (κ1) is 11.8. The van der Waals surface area contributed by atoms with Gasteiger partial charge in [-0.25, -0.2) is 0 Å². The summed E-state index contributed by atoms with van der Waals surface area (Å²) in [6.07, 6.45) is 0. The zero-order chi connectivity index (χ0) is 12.9. The number of hydrogen-bond donors (Lipinski definition) is 0. The molecule has 0 amide bonds. The van der Waals surface area contributed by atoms with Crippen LogP contribution >= 0.6 is 0 Å². The molecule has 91 valence electrons. The van der Waals surface area contributed by atoms with Crippen molar-refractivity contribution in [3.8, 4) is 16.9 Å². The third kappa shape index (κ3) is 1.53. The van der Waals surface area contributed by atoms with E-state index in [1.165, 1.54) is 26.7 Å². The van der Waals surface area contributed by atoms with Crippen LogP contribution < -0.4 is 9.20 Å². The predicted molar refractivity (Wildman–Crippen MR) is 75.9 cm³/mol. The minimum absolute atomic E-state index is 0.0740. The minimum atomic E-state index is 0.0740. The molecule has 0 atom stereocenters. The molecule has 18 heavy (non-hydrogen) atoms. The molecule has 0 saturated heterocycles. The standard InChI is InChI=1S/C16H15OSe/c1-16(2)14-6-4-10(17-3)8-12(14)13-9-11(18)5-7-15(13)16/h4-9H,1-3H3. The molecule has 0 N–H and O–H groups in total. The van der Waals surface area contributed by atoms with Gasteiger partial charge >= 0.3 is 116 Å². The van der Waals surface area contributed by atoms with Crippen molar-refractivity contribution in [2.75, 3.05) is 7.11 Å². The molecule has 3 rings (SSSR count). The van der Waals surface area contributed by atoms with Gasteiger partial charge < -0.3 is 0 Å². The number of benzene rings is 2. The SMILES string of the molecule is COc1ccc2c(c1)-c1cc([Se])ccc1C2(C)C. The van der Waals surface area contributed by atoms with Crippen molar-refractivity contribution in [1.29, 1.82) is 0 Å². The van der Waals surface area contributed by atoms with E-state index in [0.717, 1.165) is 5.75 Å². The van der Waals surface area contributed by atoms with E-state index in [1.54, 1.807) is 7.11 Å². The first-order valence-corrected chi connectivity index (χ1v) is 6.90. The van der Waals surface area contributed by atoms with Crippen molar-refractivity contribution in [3.63, 3.8) is 0 Å². The fraction of sp³-hybridized carbons (Fsp3) is 0.250. The molecule has 2 heteroatoms. The number of ether oxygens (including phenoxy) is 1. The molecule has 0 spiro atoms. The molecule has 1 radical (unpaired) electrons. The predicted octanol–water partition coefficient (Wildman–Crippen LogP) is 2.80. The Morgan fingerprint density at radius 2 is 1.56 bits per heavy atom. The van der Waals surface area contributed by atoms with Gasteiger partial charge in [0.25, 0.3) is 0 Å². The molecular weight excluding hydrogens is 287 g/mol. The van der Waals surface area contributed by atoms with Crippen molar-refractivity contribution in [2.45, 2.75) is 19.3 Å². The molecule has 1 nitrogen and oxygen atoms in total. The van der Waals surface area contributed by atoms with Gasteiger partial charge in [0.15, 0.2) is 0 Å². The molecule has 2 aromatic carbocycles. The van der Waals surface area contributed by atoms with Crippen molar-refractivity contribution in [2.24, 2.45) is 0 Å². The summed E-state index contributed by atoms with van der Waals surface area (Å²) < 4.78 is 6.53. The first-order chi connectivity index (χ1) is 8.54. The van der Waals surface area contributed by atoms with Gasteiger partial charge in [0.1, 0.15) is 0 Å². The average molecular weight is 302 g/mol. The number of fused-ring (bicyclic) bond motifs is 3. The number of methoxy groups -OCH3 is 1. The van der Waals surface area contributed by atoms with Crippen LogP contribution in [-0.2, 0) is 5.41 Å². The Morgan fingerprint density at radius 3 is 2.22 bits per heavy atom. The van der Waals surface area contributed by atoms with Gasteiger partial charge in [0.2, 0.25) is 0 Å². The van der Waals surface area contributed by atoms with Crippen LogP contribution in [0.1, 0.15) is 25.0 Å². The second kappa shape index (κ2) is 3.88. The van der Waals surface area contributed by atoms with Crippen molar-refractivity contribution < 1.29 is 4.74 Å². The summed E-state index contributed by atoms with van der Waals surface area (Å²) in [4.78, 5) is 0. The topological polar surface area (TPSA) is 9.23 Å². The summed E-state index contributed by atoms with van der Waals surface area (Å²) in [7, 11) is 1.72. The van der Waals surface area contributed by atoms with Crippen LogP contribution in [0.5, 0.6) is 5.75 Å². The van der Waals surface area contributed by atoms with Gasteiger partial charge in [-0.05, 0) is 0 Å². The zero-order valence-corrected chi connectivity index (χ0v) is 12.5. The van der Waals surface area contributed by atoms with E-state index in [2.05, 4.69) is 60.2 Å². The van der Waals surface area contributed by atoms with Gasteiger partial charge in [-0.2, -0.15) is 0 Å². The summed E-state index contributed by atoms with van der Waals surface area (Å²) in [6, 6.07) is 13.0. The third-order valence-electron chi connectivity index (χ3n) is 3.85. The fourth-order valence-electron chi connectivity index (χ4n) is 2.85. The monoisotopic (exact) mass is 303 g/mol. The van der Waals surface area contributed by atoms with E-state index < -0.39 is 0 Å². The van der Waals surface area contributed by atoms with E-state index in [-0.39, 0.29) is 5.41 Å². The van der Waals surface area contributed by atoms with Crippen molar-refractivity contribution in [3.05, 3.63) is 47.5 Å². The Balaban J connectivity index is 2.33. The average Bonchev–Trinajstić information content (AvgIpc) is 2.58. The molecule has 0 saturated carbocycles. The molecule has 1 aliphatic carbocycles. The molecule has 0 bridgehead atoms. The molecule has 0 unspecified atom stereocenters. The van der Waals surface area contributed by atoms with E-state index >= 15 is 0 Å².